The molecule has 1 fully saturated rings. The molecule has 7 nitrogen and oxygen atoms in total. The Kier molecular flexibility index (Phi) is 6.31. The van der Waals surface area contributed by atoms with E-state index >= 15 is 0 Å². The van der Waals surface area contributed by atoms with E-state index in [4.69, 9.17) is 0 Å². The highest BCUT2D eigenvalue weighted by atomic mass is 16.2. The van der Waals surface area contributed by atoms with E-state index in [-0.39, 0.29) is 17.7 Å². The zero-order valence-corrected chi connectivity index (χ0v) is 14.2. The van der Waals surface area contributed by atoms with Gasteiger partial charge in [0, 0.05) is 51.4 Å². The molecule has 7 heteroatoms. The lowest BCUT2D eigenvalue weighted by Crippen LogP contribution is -2.37. The van der Waals surface area contributed by atoms with Gasteiger partial charge in [0.05, 0.1) is 6.54 Å². The maximum atomic E-state index is 12.2. The largest absolute Gasteiger partial charge is 0.342 e. The summed E-state index contributed by atoms with van der Waals surface area (Å²) in [5.41, 5.74) is 1.38. The minimum atomic E-state index is -0.132. The molecule has 2 rings (SSSR count). The molecule has 1 aliphatic rings. The SMILES string of the molecule is CC(=O)Nc1ccc(NC(=O)CN2CCCN(C(C)=O)CC2)cc1. The normalized spacial score (nSPS) is 15.5. The van der Waals surface area contributed by atoms with Crippen LogP contribution in [0.5, 0.6) is 0 Å². The predicted molar refractivity (Wildman–Crippen MR) is 92.7 cm³/mol. The molecule has 0 spiro atoms. The first-order chi connectivity index (χ1) is 11.4. The lowest BCUT2D eigenvalue weighted by atomic mass is 10.2. The van der Waals surface area contributed by atoms with Crippen LogP contribution in [0.25, 0.3) is 0 Å². The third-order valence-corrected chi connectivity index (χ3v) is 3.89. The molecule has 0 saturated carbocycles. The Hall–Kier alpha value is -2.41. The molecule has 0 bridgehead atoms. The van der Waals surface area contributed by atoms with Gasteiger partial charge in [-0.2, -0.15) is 0 Å². The van der Waals surface area contributed by atoms with Gasteiger partial charge in [0.25, 0.3) is 0 Å². The van der Waals surface area contributed by atoms with Crippen molar-refractivity contribution in [2.75, 3.05) is 43.4 Å². The van der Waals surface area contributed by atoms with Gasteiger partial charge in [-0.25, -0.2) is 0 Å². The van der Waals surface area contributed by atoms with Gasteiger partial charge in [-0.3, -0.25) is 19.3 Å². The molecule has 1 aromatic carbocycles. The Morgan fingerprint density at radius 2 is 1.54 bits per heavy atom. The number of hydrogen-bond donors (Lipinski definition) is 2. The molecule has 0 atom stereocenters. The number of amides is 3. The summed E-state index contributed by atoms with van der Waals surface area (Å²) in [6, 6.07) is 6.99. The van der Waals surface area contributed by atoms with Crippen LogP contribution < -0.4 is 10.6 Å². The van der Waals surface area contributed by atoms with Crippen molar-refractivity contribution in [1.82, 2.24) is 9.80 Å². The van der Waals surface area contributed by atoms with Crippen LogP contribution in [0.3, 0.4) is 0 Å². The maximum Gasteiger partial charge on any atom is 0.238 e. The van der Waals surface area contributed by atoms with Crippen molar-refractivity contribution < 1.29 is 14.4 Å². The van der Waals surface area contributed by atoms with Crippen LogP contribution >= 0.6 is 0 Å². The lowest BCUT2D eigenvalue weighted by Gasteiger charge is -2.20. The van der Waals surface area contributed by atoms with Crippen molar-refractivity contribution in [3.8, 4) is 0 Å². The van der Waals surface area contributed by atoms with E-state index in [0.29, 0.717) is 31.0 Å². The van der Waals surface area contributed by atoms with Gasteiger partial charge in [-0.1, -0.05) is 0 Å². The van der Waals surface area contributed by atoms with Crippen LogP contribution in [0, 0.1) is 0 Å². The van der Waals surface area contributed by atoms with Crippen LogP contribution in [-0.4, -0.2) is 60.2 Å². The van der Waals surface area contributed by atoms with Gasteiger partial charge < -0.3 is 15.5 Å². The Bertz CT molecular complexity index is 600. The van der Waals surface area contributed by atoms with Crippen molar-refractivity contribution in [1.29, 1.82) is 0 Å². The third kappa shape index (κ3) is 5.66. The van der Waals surface area contributed by atoms with E-state index in [1.54, 1.807) is 31.2 Å². The number of rotatable bonds is 4. The molecular formula is C17H24N4O3. The molecule has 0 radical (unpaired) electrons. The number of nitrogens with one attached hydrogen (secondary N) is 2. The fourth-order valence-corrected chi connectivity index (χ4v) is 2.69. The molecule has 0 unspecified atom stereocenters. The van der Waals surface area contributed by atoms with Crippen molar-refractivity contribution in [2.24, 2.45) is 0 Å². The molecule has 3 amide bonds. The first-order valence-electron chi connectivity index (χ1n) is 8.09. The molecule has 2 N–H and O–H groups in total. The van der Waals surface area contributed by atoms with Gasteiger partial charge in [0.15, 0.2) is 0 Å². The van der Waals surface area contributed by atoms with E-state index in [0.717, 1.165) is 19.5 Å². The van der Waals surface area contributed by atoms with Gasteiger partial charge in [0.1, 0.15) is 0 Å². The number of carbonyl (C=O) groups is 3. The first-order valence-corrected chi connectivity index (χ1v) is 8.09. The summed E-state index contributed by atoms with van der Waals surface area (Å²) in [6.45, 7) is 6.25. The zero-order chi connectivity index (χ0) is 17.5. The minimum Gasteiger partial charge on any atom is -0.342 e. The number of carbonyl (C=O) groups excluding carboxylic acids is 3. The average Bonchev–Trinajstić information content (AvgIpc) is 2.74. The highest BCUT2D eigenvalue weighted by molar-refractivity contribution is 5.93. The zero-order valence-electron chi connectivity index (χ0n) is 14.2. The lowest BCUT2D eigenvalue weighted by molar-refractivity contribution is -0.128. The molecule has 0 aliphatic carbocycles. The summed E-state index contributed by atoms with van der Waals surface area (Å²) >= 11 is 0. The number of hydrogen-bond acceptors (Lipinski definition) is 4. The third-order valence-electron chi connectivity index (χ3n) is 3.89. The molecular weight excluding hydrogens is 308 g/mol. The van der Waals surface area contributed by atoms with Crippen LogP contribution in [-0.2, 0) is 14.4 Å². The average molecular weight is 332 g/mol. The van der Waals surface area contributed by atoms with Gasteiger partial charge in [-0.15, -0.1) is 0 Å². The topological polar surface area (TPSA) is 81.8 Å². The van der Waals surface area contributed by atoms with E-state index < -0.39 is 0 Å². The minimum absolute atomic E-state index is 0.0839. The second-order valence-electron chi connectivity index (χ2n) is 5.94. The number of nitrogens with zero attached hydrogens (tertiary/aromatic N) is 2. The Labute approximate surface area is 142 Å². The molecule has 1 aromatic rings. The van der Waals surface area contributed by atoms with Crippen LogP contribution in [0.15, 0.2) is 24.3 Å². The monoisotopic (exact) mass is 332 g/mol. The summed E-state index contributed by atoms with van der Waals surface area (Å²) in [5.74, 6) is -0.133. The summed E-state index contributed by atoms with van der Waals surface area (Å²) in [6.07, 6.45) is 0.873. The van der Waals surface area contributed by atoms with E-state index in [9.17, 15) is 14.4 Å². The number of benzene rings is 1. The maximum absolute atomic E-state index is 12.2. The Morgan fingerprint density at radius 3 is 2.12 bits per heavy atom. The first kappa shape index (κ1) is 17.9. The molecule has 130 valence electrons. The number of anilines is 2. The van der Waals surface area contributed by atoms with Crippen LogP contribution in [0.4, 0.5) is 11.4 Å². The summed E-state index contributed by atoms with van der Waals surface area (Å²) in [7, 11) is 0. The van der Waals surface area contributed by atoms with Gasteiger partial charge in [0.2, 0.25) is 17.7 Å². The highest BCUT2D eigenvalue weighted by Crippen LogP contribution is 2.13. The van der Waals surface area contributed by atoms with Crippen molar-refractivity contribution in [2.45, 2.75) is 20.3 Å². The molecule has 0 aromatic heterocycles. The van der Waals surface area contributed by atoms with E-state index in [1.165, 1.54) is 6.92 Å². The molecule has 1 heterocycles. The Morgan fingerprint density at radius 1 is 0.917 bits per heavy atom. The van der Waals surface area contributed by atoms with E-state index in [2.05, 4.69) is 15.5 Å². The smallest absolute Gasteiger partial charge is 0.238 e. The second kappa shape index (κ2) is 8.44. The standard InChI is InChI=1S/C17H24N4O3/c1-13(22)18-15-4-6-16(7-5-15)19-17(24)12-20-8-3-9-21(11-10-20)14(2)23/h4-7H,3,8-12H2,1-2H3,(H,18,22)(H,19,24). The molecule has 1 aliphatic heterocycles. The summed E-state index contributed by atoms with van der Waals surface area (Å²) < 4.78 is 0. The van der Waals surface area contributed by atoms with Crippen molar-refractivity contribution in [3.05, 3.63) is 24.3 Å². The van der Waals surface area contributed by atoms with Crippen LogP contribution in [0.2, 0.25) is 0 Å². The second-order valence-corrected chi connectivity index (χ2v) is 5.94. The highest BCUT2D eigenvalue weighted by Gasteiger charge is 2.18. The molecule has 24 heavy (non-hydrogen) atoms. The predicted octanol–water partition coefficient (Wildman–Crippen LogP) is 1.14. The summed E-state index contributed by atoms with van der Waals surface area (Å²) in [5, 5.41) is 5.53. The fraction of sp³-hybridized carbons (Fsp3) is 0.471. The van der Waals surface area contributed by atoms with Crippen molar-refractivity contribution in [3.63, 3.8) is 0 Å². The molecule has 1 saturated heterocycles. The van der Waals surface area contributed by atoms with Gasteiger partial charge in [-0.05, 0) is 30.7 Å². The quantitative estimate of drug-likeness (QED) is 0.866. The van der Waals surface area contributed by atoms with Crippen molar-refractivity contribution >= 4 is 29.1 Å². The van der Waals surface area contributed by atoms with E-state index in [1.807, 2.05) is 4.90 Å². The fourth-order valence-electron chi connectivity index (χ4n) is 2.69. The summed E-state index contributed by atoms with van der Waals surface area (Å²) in [4.78, 5) is 38.4. The van der Waals surface area contributed by atoms with Gasteiger partial charge >= 0.3 is 0 Å². The van der Waals surface area contributed by atoms with Crippen LogP contribution in [0.1, 0.15) is 20.3 Å². The Balaban J connectivity index is 1.82.